The molecular weight excluding hydrogens is 504 g/mol. The highest BCUT2D eigenvalue weighted by Crippen LogP contribution is 2.59. The molecule has 0 bridgehead atoms. The van der Waals surface area contributed by atoms with Gasteiger partial charge in [0.1, 0.15) is 34.5 Å². The average Bonchev–Trinajstić information content (AvgIpc) is 2.85. The van der Waals surface area contributed by atoms with Crippen molar-refractivity contribution in [3.63, 3.8) is 0 Å². The first-order chi connectivity index (χ1) is 18.5. The standard InChI is InChI=1S/C30H16O9/c1-30-5-13(36)20-26-25-23-16(10(33)4-12(35)19(23)29(20)38)15-9(32)3-11(34)18-22(15)24(25)21-14(27(26)30)7(6-39-30)2-8(31)17(21)28(18)37/h2-4,32,34-38H,5-6H2,1H3/t30-/m0/s1. The average molecular weight is 520 g/mol. The number of phenolic OH excluding ortho intramolecular Hbond substituents is 5. The molecule has 0 amide bonds. The third-order valence-corrected chi connectivity index (χ3v) is 8.99. The van der Waals surface area contributed by atoms with Crippen molar-refractivity contribution in [3.8, 4) is 28.7 Å². The third-order valence-electron chi connectivity index (χ3n) is 8.99. The van der Waals surface area contributed by atoms with Gasteiger partial charge in [-0.15, -0.1) is 0 Å². The number of fused-ring (bicyclic) bond motifs is 1. The molecule has 9 heteroatoms. The van der Waals surface area contributed by atoms with Gasteiger partial charge in [-0.05, 0) is 23.9 Å². The van der Waals surface area contributed by atoms with Gasteiger partial charge in [-0.2, -0.15) is 0 Å². The quantitative estimate of drug-likeness (QED) is 0.129. The van der Waals surface area contributed by atoms with E-state index in [9.17, 15) is 40.2 Å². The van der Waals surface area contributed by atoms with Gasteiger partial charge < -0.3 is 35.4 Å². The third kappa shape index (κ3) is 1.93. The van der Waals surface area contributed by atoms with Crippen molar-refractivity contribution in [2.75, 3.05) is 0 Å². The van der Waals surface area contributed by atoms with Crippen molar-refractivity contribution >= 4 is 70.4 Å². The maximum absolute atomic E-state index is 13.5. The Labute approximate surface area is 215 Å². The van der Waals surface area contributed by atoms with E-state index in [2.05, 4.69) is 0 Å². The molecule has 0 spiro atoms. The number of ether oxygens (including phenoxy) is 1. The van der Waals surface area contributed by atoms with E-state index in [4.69, 9.17) is 4.74 Å². The highest BCUT2D eigenvalue weighted by Gasteiger charge is 2.44. The lowest BCUT2D eigenvalue weighted by Crippen LogP contribution is -2.36. The van der Waals surface area contributed by atoms with Gasteiger partial charge in [-0.1, -0.05) is 0 Å². The molecule has 2 aliphatic rings. The monoisotopic (exact) mass is 520 g/mol. The van der Waals surface area contributed by atoms with Crippen LogP contribution >= 0.6 is 0 Å². The Kier molecular flexibility index (Phi) is 3.14. The van der Waals surface area contributed by atoms with E-state index in [0.717, 1.165) is 12.1 Å². The van der Waals surface area contributed by atoms with E-state index in [1.54, 1.807) is 6.92 Å². The van der Waals surface area contributed by atoms with E-state index < -0.39 is 45.2 Å². The molecule has 39 heavy (non-hydrogen) atoms. The van der Waals surface area contributed by atoms with Gasteiger partial charge in [0.25, 0.3) is 0 Å². The Hall–Kier alpha value is -5.02. The first-order valence-electron chi connectivity index (χ1n) is 12.3. The van der Waals surface area contributed by atoms with Crippen LogP contribution in [-0.2, 0) is 16.9 Å². The van der Waals surface area contributed by atoms with Gasteiger partial charge >= 0.3 is 0 Å². The molecule has 7 aromatic carbocycles. The zero-order valence-corrected chi connectivity index (χ0v) is 20.1. The Bertz CT molecular complexity index is 2530. The molecule has 0 aromatic heterocycles. The minimum atomic E-state index is -1.08. The number of aliphatic hydroxyl groups excluding tert-OH is 1. The topological polar surface area (TPSA) is 165 Å². The fourth-order valence-corrected chi connectivity index (χ4v) is 7.66. The molecule has 190 valence electrons. The predicted molar refractivity (Wildman–Crippen MR) is 144 cm³/mol. The van der Waals surface area contributed by atoms with Crippen LogP contribution in [0.15, 0.2) is 27.8 Å². The van der Waals surface area contributed by atoms with Crippen LogP contribution in [0.5, 0.6) is 28.7 Å². The van der Waals surface area contributed by atoms with Crippen LogP contribution in [-0.4, -0.2) is 30.6 Å². The number of hydrogen-bond donors (Lipinski definition) is 6. The van der Waals surface area contributed by atoms with Crippen LogP contribution < -0.4 is 16.1 Å². The number of aromatic hydroxyl groups is 5. The highest BCUT2D eigenvalue weighted by atomic mass is 16.5. The van der Waals surface area contributed by atoms with Gasteiger partial charge in [0.15, 0.2) is 10.9 Å². The van der Waals surface area contributed by atoms with Crippen LogP contribution in [0.2, 0.25) is 0 Å². The number of rotatable bonds is 0. The summed E-state index contributed by atoms with van der Waals surface area (Å²) in [4.78, 5) is 27.0. The molecule has 1 aliphatic heterocycles. The fourth-order valence-electron chi connectivity index (χ4n) is 7.66. The summed E-state index contributed by atoms with van der Waals surface area (Å²) in [5.41, 5.74) is -1.13. The summed E-state index contributed by atoms with van der Waals surface area (Å²) in [6, 6.07) is 3.29. The Morgan fingerprint density at radius 2 is 1.18 bits per heavy atom. The molecule has 1 aliphatic carbocycles. The van der Waals surface area contributed by atoms with Crippen LogP contribution in [0.25, 0.3) is 70.4 Å². The normalized spacial score (nSPS) is 18.9. The SMILES string of the molecule is C[C@]12CC(O)=c3c(O)c4c(O)cc(=O)c5c6c(O)cc(O)c7c(O)c8c(=O)cc(c9c1c3c(c45)c(c98)c76)CO2. The summed E-state index contributed by atoms with van der Waals surface area (Å²) in [7, 11) is 0. The largest absolute Gasteiger partial charge is 0.511 e. The van der Waals surface area contributed by atoms with E-state index in [-0.39, 0.29) is 61.7 Å². The molecule has 0 fully saturated rings. The minimum Gasteiger partial charge on any atom is -0.511 e. The van der Waals surface area contributed by atoms with Crippen LogP contribution in [0.1, 0.15) is 24.5 Å². The molecule has 0 unspecified atom stereocenters. The Morgan fingerprint density at radius 3 is 1.95 bits per heavy atom. The molecule has 9 rings (SSSR count). The van der Waals surface area contributed by atoms with Crippen LogP contribution in [0.3, 0.4) is 0 Å². The van der Waals surface area contributed by atoms with Crippen LogP contribution in [0.4, 0.5) is 0 Å². The maximum Gasteiger partial charge on any atom is 0.190 e. The number of aliphatic hydroxyl groups is 1. The molecule has 6 N–H and O–H groups in total. The lowest BCUT2D eigenvalue weighted by Gasteiger charge is -2.40. The zero-order chi connectivity index (χ0) is 27.0. The molecule has 1 heterocycles. The Morgan fingerprint density at radius 1 is 0.615 bits per heavy atom. The lowest BCUT2D eigenvalue weighted by atomic mass is 9.72. The van der Waals surface area contributed by atoms with E-state index in [1.165, 1.54) is 6.07 Å². The summed E-state index contributed by atoms with van der Waals surface area (Å²) in [6.07, 6.45) is -0.0110. The summed E-state index contributed by atoms with van der Waals surface area (Å²) in [5, 5.41) is 69.4. The van der Waals surface area contributed by atoms with Crippen molar-refractivity contribution in [3.05, 3.63) is 55.0 Å². The van der Waals surface area contributed by atoms with Gasteiger partial charge in [-0.3, -0.25) is 9.59 Å². The molecular formula is C30H16O9. The van der Waals surface area contributed by atoms with Gasteiger partial charge in [0.05, 0.1) is 33.6 Å². The summed E-state index contributed by atoms with van der Waals surface area (Å²) < 4.78 is 6.22. The second-order valence-electron chi connectivity index (χ2n) is 10.9. The molecule has 0 saturated heterocycles. The van der Waals surface area contributed by atoms with Crippen molar-refractivity contribution in [2.24, 2.45) is 0 Å². The summed E-state index contributed by atoms with van der Waals surface area (Å²) in [5.74, 6) is -2.55. The Balaban J connectivity index is 1.90. The van der Waals surface area contributed by atoms with E-state index >= 15 is 0 Å². The predicted octanol–water partition coefficient (Wildman–Crippen LogP) is 3.70. The number of benzene rings is 7. The van der Waals surface area contributed by atoms with E-state index in [1.807, 2.05) is 0 Å². The first-order valence-corrected chi connectivity index (χ1v) is 12.3. The van der Waals surface area contributed by atoms with Crippen molar-refractivity contribution in [1.82, 2.24) is 0 Å². The molecule has 0 radical (unpaired) electrons. The molecule has 0 saturated carbocycles. The maximum atomic E-state index is 13.5. The van der Waals surface area contributed by atoms with Crippen molar-refractivity contribution in [2.45, 2.75) is 25.6 Å². The molecule has 7 aromatic rings. The van der Waals surface area contributed by atoms with Crippen molar-refractivity contribution in [1.29, 1.82) is 0 Å². The van der Waals surface area contributed by atoms with Gasteiger partial charge in [-0.25, -0.2) is 0 Å². The second-order valence-corrected chi connectivity index (χ2v) is 10.9. The summed E-state index contributed by atoms with van der Waals surface area (Å²) in [6.45, 7) is 1.83. The fraction of sp³-hybridized carbons (Fsp3) is 0.133. The minimum absolute atomic E-state index is 0.00387. The number of hydrogen-bond acceptors (Lipinski definition) is 9. The second kappa shape index (κ2) is 5.84. The van der Waals surface area contributed by atoms with Gasteiger partial charge in [0.2, 0.25) is 0 Å². The molecule has 1 atom stereocenters. The summed E-state index contributed by atoms with van der Waals surface area (Å²) >= 11 is 0. The molecule has 9 nitrogen and oxygen atoms in total. The van der Waals surface area contributed by atoms with E-state index in [0.29, 0.717) is 38.1 Å². The highest BCUT2D eigenvalue weighted by molar-refractivity contribution is 6.47. The lowest BCUT2D eigenvalue weighted by molar-refractivity contribution is -0.0510. The zero-order valence-electron chi connectivity index (χ0n) is 20.1. The van der Waals surface area contributed by atoms with Crippen LogP contribution in [0, 0.1) is 0 Å². The number of phenols is 5. The first kappa shape index (κ1) is 21.0. The van der Waals surface area contributed by atoms with Gasteiger partial charge in [0, 0.05) is 67.2 Å². The van der Waals surface area contributed by atoms with Crippen molar-refractivity contribution < 1.29 is 35.4 Å². The smallest absolute Gasteiger partial charge is 0.190 e.